The number of carbonyl (C=O) groups is 2. The van der Waals surface area contributed by atoms with Gasteiger partial charge in [0.15, 0.2) is 6.61 Å². The summed E-state index contributed by atoms with van der Waals surface area (Å²) in [6, 6.07) is 6.59. The molecular weight excluding hydrogens is 298 g/mol. The molecule has 7 heteroatoms. The number of ether oxygens (including phenoxy) is 1. The first kappa shape index (κ1) is 15.8. The maximum atomic E-state index is 12.4. The van der Waals surface area contributed by atoms with Crippen molar-refractivity contribution in [2.45, 2.75) is 0 Å². The Hall–Kier alpha value is -2.12. The minimum Gasteiger partial charge on any atom is -0.483 e. The van der Waals surface area contributed by atoms with Gasteiger partial charge in [0.1, 0.15) is 5.75 Å². The molecule has 1 aromatic rings. The molecule has 2 saturated heterocycles. The third kappa shape index (κ3) is 2.89. The van der Waals surface area contributed by atoms with Gasteiger partial charge in [-0.3, -0.25) is 9.59 Å². The summed E-state index contributed by atoms with van der Waals surface area (Å²) in [5.74, 6) is -0.152. The minimum absolute atomic E-state index is 0.0693. The standard InChI is InChI=1S/C16H21N3O4/c17-15(22)12-3-1-2-4-13(12)23-7-14(21)19-6-11-5-18-8-16(11,9-19)10-20/h1-4,11,18,20H,5-10H2,(H2,17,22). The second kappa shape index (κ2) is 6.17. The molecule has 1 aromatic carbocycles. The SMILES string of the molecule is NC(=O)c1ccccc1OCC(=O)N1CC2CNCC2(CO)C1. The highest BCUT2D eigenvalue weighted by molar-refractivity contribution is 5.95. The van der Waals surface area contributed by atoms with E-state index in [1.54, 1.807) is 29.2 Å². The van der Waals surface area contributed by atoms with Crippen LogP contribution in [0.3, 0.4) is 0 Å². The van der Waals surface area contributed by atoms with Crippen molar-refractivity contribution in [1.29, 1.82) is 0 Å². The van der Waals surface area contributed by atoms with Gasteiger partial charge in [-0.05, 0) is 18.1 Å². The van der Waals surface area contributed by atoms with Gasteiger partial charge < -0.3 is 25.8 Å². The average Bonchev–Trinajstić information content (AvgIpc) is 3.10. The summed E-state index contributed by atoms with van der Waals surface area (Å²) in [6.45, 7) is 2.61. The van der Waals surface area contributed by atoms with E-state index < -0.39 is 5.91 Å². The fourth-order valence-electron chi connectivity index (χ4n) is 3.46. The highest BCUT2D eigenvalue weighted by atomic mass is 16.5. The van der Waals surface area contributed by atoms with Crippen LogP contribution in [-0.4, -0.2) is 61.2 Å². The lowest BCUT2D eigenvalue weighted by Crippen LogP contribution is -2.39. The maximum absolute atomic E-state index is 12.4. The van der Waals surface area contributed by atoms with Crippen LogP contribution >= 0.6 is 0 Å². The summed E-state index contributed by atoms with van der Waals surface area (Å²) in [4.78, 5) is 25.5. The Kier molecular flexibility index (Phi) is 4.23. The lowest BCUT2D eigenvalue weighted by Gasteiger charge is -2.25. The van der Waals surface area contributed by atoms with Crippen LogP contribution in [0.2, 0.25) is 0 Å². The summed E-state index contributed by atoms with van der Waals surface area (Å²) in [5, 5.41) is 12.9. The van der Waals surface area contributed by atoms with Crippen molar-refractivity contribution in [3.05, 3.63) is 29.8 Å². The van der Waals surface area contributed by atoms with E-state index in [0.29, 0.717) is 18.8 Å². The van der Waals surface area contributed by atoms with Crippen molar-refractivity contribution in [1.82, 2.24) is 10.2 Å². The number of hydrogen-bond donors (Lipinski definition) is 3. The van der Waals surface area contributed by atoms with Gasteiger partial charge >= 0.3 is 0 Å². The van der Waals surface area contributed by atoms with E-state index in [1.165, 1.54) is 0 Å². The zero-order valence-corrected chi connectivity index (χ0v) is 12.8. The molecule has 0 aliphatic carbocycles. The number of primary amides is 1. The molecule has 2 amide bonds. The van der Waals surface area contributed by atoms with Crippen LogP contribution in [0, 0.1) is 11.3 Å². The molecule has 2 unspecified atom stereocenters. The molecule has 3 rings (SSSR count). The molecule has 2 aliphatic heterocycles. The van der Waals surface area contributed by atoms with E-state index in [0.717, 1.165) is 13.1 Å². The van der Waals surface area contributed by atoms with Crippen molar-refractivity contribution in [2.75, 3.05) is 39.4 Å². The number of likely N-dealkylation sites (tertiary alicyclic amines) is 1. The maximum Gasteiger partial charge on any atom is 0.260 e. The van der Waals surface area contributed by atoms with E-state index in [1.807, 2.05) is 0 Å². The molecule has 4 N–H and O–H groups in total. The summed E-state index contributed by atoms with van der Waals surface area (Å²) in [5.41, 5.74) is 5.32. The number of carbonyl (C=O) groups excluding carboxylic acids is 2. The third-order valence-corrected chi connectivity index (χ3v) is 4.85. The predicted molar refractivity (Wildman–Crippen MR) is 82.9 cm³/mol. The molecule has 0 aromatic heterocycles. The molecule has 2 fully saturated rings. The second-order valence-corrected chi connectivity index (χ2v) is 6.27. The molecule has 2 aliphatic rings. The van der Waals surface area contributed by atoms with Crippen molar-refractivity contribution in [2.24, 2.45) is 17.1 Å². The van der Waals surface area contributed by atoms with Crippen LogP contribution in [0.25, 0.3) is 0 Å². The second-order valence-electron chi connectivity index (χ2n) is 6.27. The Morgan fingerprint density at radius 3 is 2.91 bits per heavy atom. The Bertz CT molecular complexity index is 621. The van der Waals surface area contributed by atoms with Crippen molar-refractivity contribution >= 4 is 11.8 Å². The van der Waals surface area contributed by atoms with Gasteiger partial charge in [0, 0.05) is 31.6 Å². The smallest absolute Gasteiger partial charge is 0.260 e. The summed E-state index contributed by atoms with van der Waals surface area (Å²) in [6.07, 6.45) is 0. The van der Waals surface area contributed by atoms with Gasteiger partial charge in [-0.15, -0.1) is 0 Å². The fourth-order valence-corrected chi connectivity index (χ4v) is 3.46. The van der Waals surface area contributed by atoms with Gasteiger partial charge in [0.25, 0.3) is 11.8 Å². The minimum atomic E-state index is -0.589. The number of benzene rings is 1. The summed E-state index contributed by atoms with van der Waals surface area (Å²) >= 11 is 0. The molecule has 0 saturated carbocycles. The number of nitrogens with zero attached hydrogens (tertiary/aromatic N) is 1. The van der Waals surface area contributed by atoms with Crippen LogP contribution in [0.15, 0.2) is 24.3 Å². The van der Waals surface area contributed by atoms with Gasteiger partial charge in [-0.25, -0.2) is 0 Å². The number of nitrogens with two attached hydrogens (primary N) is 1. The van der Waals surface area contributed by atoms with Crippen LogP contribution in [0.5, 0.6) is 5.75 Å². The van der Waals surface area contributed by atoms with Crippen molar-refractivity contribution < 1.29 is 19.4 Å². The fraction of sp³-hybridized carbons (Fsp3) is 0.500. The number of aliphatic hydroxyl groups is 1. The Morgan fingerprint density at radius 2 is 2.22 bits per heavy atom. The first-order valence-electron chi connectivity index (χ1n) is 7.67. The Balaban J connectivity index is 1.62. The zero-order valence-electron chi connectivity index (χ0n) is 12.8. The summed E-state index contributed by atoms with van der Waals surface area (Å²) in [7, 11) is 0. The monoisotopic (exact) mass is 319 g/mol. The van der Waals surface area contributed by atoms with E-state index in [4.69, 9.17) is 10.5 Å². The number of hydrogen-bond acceptors (Lipinski definition) is 5. The lowest BCUT2D eigenvalue weighted by atomic mass is 9.82. The highest BCUT2D eigenvalue weighted by Gasteiger charge is 2.50. The topological polar surface area (TPSA) is 105 Å². The predicted octanol–water partition coefficient (Wildman–Crippen LogP) is -0.795. The molecule has 23 heavy (non-hydrogen) atoms. The molecule has 0 radical (unpaired) electrons. The zero-order chi connectivity index (χ0) is 16.4. The van der Waals surface area contributed by atoms with Gasteiger partial charge in [-0.1, -0.05) is 12.1 Å². The van der Waals surface area contributed by atoms with Gasteiger partial charge in [0.05, 0.1) is 12.2 Å². The quantitative estimate of drug-likeness (QED) is 0.659. The molecule has 2 heterocycles. The molecular formula is C16H21N3O4. The Morgan fingerprint density at radius 1 is 1.43 bits per heavy atom. The van der Waals surface area contributed by atoms with E-state index in [-0.39, 0.29) is 36.0 Å². The Labute approximate surface area is 134 Å². The van der Waals surface area contributed by atoms with Crippen molar-refractivity contribution in [3.63, 3.8) is 0 Å². The van der Waals surface area contributed by atoms with E-state index in [2.05, 4.69) is 5.32 Å². The highest BCUT2D eigenvalue weighted by Crippen LogP contribution is 2.38. The van der Waals surface area contributed by atoms with E-state index in [9.17, 15) is 14.7 Å². The van der Waals surface area contributed by atoms with Crippen molar-refractivity contribution in [3.8, 4) is 5.75 Å². The normalized spacial score (nSPS) is 26.1. The van der Waals surface area contributed by atoms with E-state index >= 15 is 0 Å². The van der Waals surface area contributed by atoms with Gasteiger partial charge in [0.2, 0.25) is 0 Å². The molecule has 0 spiro atoms. The molecule has 0 bridgehead atoms. The lowest BCUT2D eigenvalue weighted by molar-refractivity contribution is -0.132. The number of fused-ring (bicyclic) bond motifs is 1. The van der Waals surface area contributed by atoms with Crippen LogP contribution in [0.1, 0.15) is 10.4 Å². The largest absolute Gasteiger partial charge is 0.483 e. The van der Waals surface area contributed by atoms with Crippen LogP contribution in [-0.2, 0) is 4.79 Å². The number of rotatable bonds is 5. The number of nitrogens with one attached hydrogen (secondary N) is 1. The number of amides is 2. The van der Waals surface area contributed by atoms with Crippen LogP contribution in [0.4, 0.5) is 0 Å². The molecule has 124 valence electrons. The van der Waals surface area contributed by atoms with Gasteiger partial charge in [-0.2, -0.15) is 0 Å². The number of para-hydroxylation sites is 1. The summed E-state index contributed by atoms with van der Waals surface area (Å²) < 4.78 is 5.49. The average molecular weight is 319 g/mol. The third-order valence-electron chi connectivity index (χ3n) is 4.85. The first-order valence-corrected chi connectivity index (χ1v) is 7.67. The first-order chi connectivity index (χ1) is 11.1. The molecule has 7 nitrogen and oxygen atoms in total. The number of aliphatic hydroxyl groups excluding tert-OH is 1. The molecule has 2 atom stereocenters. The van der Waals surface area contributed by atoms with Crippen LogP contribution < -0.4 is 15.8 Å².